The molecule has 0 bridgehead atoms. The van der Waals surface area contributed by atoms with Crippen molar-refractivity contribution in [3.63, 3.8) is 0 Å². The molecule has 90 valence electrons. The number of hydrogen-bond acceptors (Lipinski definition) is 3. The molecular weight excluding hydrogens is 222 g/mol. The van der Waals surface area contributed by atoms with Gasteiger partial charge in [0.25, 0.3) is 0 Å². The minimum Gasteiger partial charge on any atom is -0.479 e. The average molecular weight is 235 g/mol. The van der Waals surface area contributed by atoms with Crippen LogP contribution in [0.1, 0.15) is 18.5 Å². The van der Waals surface area contributed by atoms with Crippen molar-refractivity contribution in [1.29, 1.82) is 0 Å². The van der Waals surface area contributed by atoms with Crippen LogP contribution in [0, 0.1) is 0 Å². The Hall–Kier alpha value is -1.98. The van der Waals surface area contributed by atoms with Gasteiger partial charge in [0.15, 0.2) is 5.75 Å². The molecule has 1 aromatic heterocycles. The molecule has 3 heterocycles. The van der Waals surface area contributed by atoms with Gasteiger partial charge in [-0.1, -0.05) is 0 Å². The Morgan fingerprint density at radius 2 is 2.29 bits per heavy atom. The Bertz CT molecular complexity index is 472. The third-order valence-corrected chi connectivity index (χ3v) is 3.38. The fourth-order valence-corrected chi connectivity index (χ4v) is 2.32. The number of aromatic amines is 1. The van der Waals surface area contributed by atoms with Gasteiger partial charge in [0.1, 0.15) is 5.60 Å². The number of amides is 1. The van der Waals surface area contributed by atoms with Crippen LogP contribution in [0.3, 0.4) is 0 Å². The van der Waals surface area contributed by atoms with Crippen molar-refractivity contribution < 1.29 is 14.6 Å². The fourth-order valence-electron chi connectivity index (χ4n) is 2.32. The van der Waals surface area contributed by atoms with Crippen molar-refractivity contribution in [2.75, 3.05) is 13.1 Å². The predicted octanol–water partition coefficient (Wildman–Crippen LogP) is 1.33. The van der Waals surface area contributed by atoms with Crippen molar-refractivity contribution in [3.8, 4) is 5.75 Å². The van der Waals surface area contributed by atoms with Crippen LogP contribution in [0.15, 0.2) is 12.3 Å². The zero-order chi connectivity index (χ0) is 11.9. The molecule has 2 aliphatic heterocycles. The number of fused-ring (bicyclic) bond motifs is 1. The van der Waals surface area contributed by atoms with Gasteiger partial charge in [-0.2, -0.15) is 5.10 Å². The van der Waals surface area contributed by atoms with Crippen LogP contribution in [-0.2, 0) is 0 Å². The fraction of sp³-hybridized carbons (Fsp3) is 0.455. The Morgan fingerprint density at radius 1 is 1.53 bits per heavy atom. The highest BCUT2D eigenvalue weighted by Gasteiger charge is 2.38. The summed E-state index contributed by atoms with van der Waals surface area (Å²) in [5.41, 5.74) is 0.513. The van der Waals surface area contributed by atoms with E-state index in [1.807, 2.05) is 12.2 Å². The first kappa shape index (κ1) is 10.2. The third-order valence-electron chi connectivity index (χ3n) is 3.38. The smallest absolute Gasteiger partial charge is 0.407 e. The average Bonchev–Trinajstić information content (AvgIpc) is 2.76. The SMILES string of the molecule is O=C(O)N1CCC2(C=Cc3[nH]ncc3O2)CC1. The molecule has 1 spiro atoms. The van der Waals surface area contributed by atoms with Crippen molar-refractivity contribution >= 4 is 12.2 Å². The molecule has 2 aliphatic rings. The van der Waals surface area contributed by atoms with Crippen LogP contribution in [0.5, 0.6) is 5.75 Å². The summed E-state index contributed by atoms with van der Waals surface area (Å²) >= 11 is 0. The number of carboxylic acid groups (broad SMARTS) is 1. The molecule has 0 aliphatic carbocycles. The maximum atomic E-state index is 10.8. The lowest BCUT2D eigenvalue weighted by Crippen LogP contribution is -2.48. The number of nitrogens with one attached hydrogen (secondary N) is 1. The second-order valence-electron chi connectivity index (χ2n) is 4.42. The molecule has 2 N–H and O–H groups in total. The van der Waals surface area contributed by atoms with Gasteiger partial charge in [-0.05, 0) is 12.2 Å². The van der Waals surface area contributed by atoms with Crippen LogP contribution < -0.4 is 4.74 Å². The van der Waals surface area contributed by atoms with E-state index in [9.17, 15) is 4.79 Å². The lowest BCUT2D eigenvalue weighted by molar-refractivity contribution is 0.0401. The minimum atomic E-state index is -0.858. The highest BCUT2D eigenvalue weighted by molar-refractivity contribution is 5.65. The predicted molar refractivity (Wildman–Crippen MR) is 59.8 cm³/mol. The zero-order valence-corrected chi connectivity index (χ0v) is 9.22. The first-order valence-electron chi connectivity index (χ1n) is 5.58. The number of H-pyrrole nitrogens is 1. The van der Waals surface area contributed by atoms with Crippen molar-refractivity contribution in [1.82, 2.24) is 15.1 Å². The van der Waals surface area contributed by atoms with Crippen LogP contribution >= 0.6 is 0 Å². The van der Waals surface area contributed by atoms with Crippen molar-refractivity contribution in [3.05, 3.63) is 18.0 Å². The lowest BCUT2D eigenvalue weighted by atomic mass is 9.89. The number of hydrogen-bond donors (Lipinski definition) is 2. The van der Waals surface area contributed by atoms with Gasteiger partial charge >= 0.3 is 6.09 Å². The molecule has 1 aromatic rings. The van der Waals surface area contributed by atoms with E-state index in [0.717, 1.165) is 11.4 Å². The summed E-state index contributed by atoms with van der Waals surface area (Å²) in [5.74, 6) is 0.747. The molecule has 0 atom stereocenters. The lowest BCUT2D eigenvalue weighted by Gasteiger charge is -2.40. The molecule has 1 saturated heterocycles. The summed E-state index contributed by atoms with van der Waals surface area (Å²) in [5, 5.41) is 15.7. The summed E-state index contributed by atoms with van der Waals surface area (Å²) < 4.78 is 5.93. The van der Waals surface area contributed by atoms with Gasteiger partial charge < -0.3 is 14.7 Å². The molecule has 6 nitrogen and oxygen atoms in total. The highest BCUT2D eigenvalue weighted by atomic mass is 16.5. The van der Waals surface area contributed by atoms with Crippen LogP contribution in [0.2, 0.25) is 0 Å². The van der Waals surface area contributed by atoms with Gasteiger partial charge in [-0.15, -0.1) is 0 Å². The second kappa shape index (κ2) is 3.51. The number of piperidine rings is 1. The first-order valence-corrected chi connectivity index (χ1v) is 5.58. The van der Waals surface area contributed by atoms with Gasteiger partial charge in [0.05, 0.1) is 11.9 Å². The van der Waals surface area contributed by atoms with E-state index in [-0.39, 0.29) is 5.60 Å². The quantitative estimate of drug-likeness (QED) is 0.711. The molecule has 0 saturated carbocycles. The number of ether oxygens (including phenoxy) is 1. The molecule has 1 fully saturated rings. The second-order valence-corrected chi connectivity index (χ2v) is 4.42. The molecule has 0 aromatic carbocycles. The summed E-state index contributed by atoms with van der Waals surface area (Å²) in [6.07, 6.45) is 6.13. The van der Waals surface area contributed by atoms with E-state index < -0.39 is 6.09 Å². The molecular formula is C11H13N3O3. The van der Waals surface area contributed by atoms with Gasteiger partial charge in [0, 0.05) is 25.9 Å². The van der Waals surface area contributed by atoms with E-state index in [2.05, 4.69) is 10.2 Å². The highest BCUT2D eigenvalue weighted by Crippen LogP contribution is 2.35. The van der Waals surface area contributed by atoms with E-state index in [1.165, 1.54) is 4.90 Å². The number of nitrogens with zero attached hydrogens (tertiary/aromatic N) is 2. The molecule has 1 amide bonds. The Labute approximate surface area is 97.9 Å². The van der Waals surface area contributed by atoms with Crippen molar-refractivity contribution in [2.24, 2.45) is 0 Å². The summed E-state index contributed by atoms with van der Waals surface area (Å²) in [6, 6.07) is 0. The molecule has 17 heavy (non-hydrogen) atoms. The van der Waals surface area contributed by atoms with Crippen LogP contribution in [-0.4, -0.2) is 45.0 Å². The Kier molecular flexibility index (Phi) is 2.10. The van der Waals surface area contributed by atoms with Crippen molar-refractivity contribution in [2.45, 2.75) is 18.4 Å². The standard InChI is InChI=1S/C11H13N3O3/c15-10(16)14-5-3-11(4-6-14)2-1-8-9(17-11)7-12-13-8/h1-2,7H,3-6H2,(H,12,13)(H,15,16). The van der Waals surface area contributed by atoms with E-state index in [4.69, 9.17) is 9.84 Å². The number of carbonyl (C=O) groups is 1. The zero-order valence-electron chi connectivity index (χ0n) is 9.22. The van der Waals surface area contributed by atoms with Gasteiger partial charge in [0.2, 0.25) is 0 Å². The van der Waals surface area contributed by atoms with Gasteiger partial charge in [-0.25, -0.2) is 4.79 Å². The molecule has 3 rings (SSSR count). The van der Waals surface area contributed by atoms with E-state index >= 15 is 0 Å². The summed E-state index contributed by atoms with van der Waals surface area (Å²) in [4.78, 5) is 12.3. The van der Waals surface area contributed by atoms with Gasteiger partial charge in [-0.3, -0.25) is 5.10 Å². The minimum absolute atomic E-state index is 0.358. The number of likely N-dealkylation sites (tertiary alicyclic amines) is 1. The topological polar surface area (TPSA) is 78.5 Å². The monoisotopic (exact) mass is 235 g/mol. The first-order chi connectivity index (χ1) is 8.19. The Morgan fingerprint density at radius 3 is 3.00 bits per heavy atom. The normalized spacial score (nSPS) is 21.1. The Balaban J connectivity index is 1.76. The summed E-state index contributed by atoms with van der Waals surface area (Å²) in [7, 11) is 0. The van der Waals surface area contributed by atoms with E-state index in [1.54, 1.807) is 6.20 Å². The molecule has 0 unspecified atom stereocenters. The number of aromatic nitrogens is 2. The van der Waals surface area contributed by atoms with E-state index in [0.29, 0.717) is 25.9 Å². The molecule has 0 radical (unpaired) electrons. The maximum Gasteiger partial charge on any atom is 0.407 e. The number of rotatable bonds is 0. The third kappa shape index (κ3) is 1.65. The maximum absolute atomic E-state index is 10.8. The molecule has 6 heteroatoms. The largest absolute Gasteiger partial charge is 0.479 e. The van der Waals surface area contributed by atoms with Crippen LogP contribution in [0.4, 0.5) is 4.79 Å². The van der Waals surface area contributed by atoms with Crippen LogP contribution in [0.25, 0.3) is 6.08 Å². The summed E-state index contributed by atoms with van der Waals surface area (Å²) in [6.45, 7) is 1.01.